The Bertz CT molecular complexity index is 1220. The molecule has 0 amide bonds. The summed E-state index contributed by atoms with van der Waals surface area (Å²) in [6.07, 6.45) is 1.89. The van der Waals surface area contributed by atoms with Crippen LogP contribution in [0.4, 0.5) is 0 Å². The Morgan fingerprint density at radius 3 is 2.56 bits per heavy atom. The average Bonchev–Trinajstić information content (AvgIpc) is 2.79. The fraction of sp³-hybridized carbons (Fsp3) is 0.286. The summed E-state index contributed by atoms with van der Waals surface area (Å²) in [5.74, 6) is 0.791. The van der Waals surface area contributed by atoms with E-state index < -0.39 is 5.60 Å². The molecular formula is C28H30O2S2. The highest BCUT2D eigenvalue weighted by Crippen LogP contribution is 2.31. The lowest BCUT2D eigenvalue weighted by atomic mass is 9.92. The monoisotopic (exact) mass is 462 g/mol. The van der Waals surface area contributed by atoms with Gasteiger partial charge >= 0.3 is 0 Å². The Balaban J connectivity index is 1.36. The van der Waals surface area contributed by atoms with Gasteiger partial charge in [0.25, 0.3) is 0 Å². The van der Waals surface area contributed by atoms with E-state index in [2.05, 4.69) is 79.2 Å². The van der Waals surface area contributed by atoms with E-state index in [1.54, 1.807) is 0 Å². The Morgan fingerprint density at radius 1 is 0.938 bits per heavy atom. The minimum atomic E-state index is -1.04. The quantitative estimate of drug-likeness (QED) is 0.156. The van der Waals surface area contributed by atoms with E-state index in [0.717, 1.165) is 29.5 Å². The van der Waals surface area contributed by atoms with Crippen LogP contribution in [-0.2, 0) is 22.5 Å². The van der Waals surface area contributed by atoms with Gasteiger partial charge in [0, 0.05) is 12.4 Å². The Hall–Kier alpha value is -1.98. The zero-order valence-electron chi connectivity index (χ0n) is 18.7. The van der Waals surface area contributed by atoms with Crippen LogP contribution in [0.3, 0.4) is 0 Å². The number of aryl methyl sites for hydroxylation is 2. The van der Waals surface area contributed by atoms with Gasteiger partial charge in [-0.05, 0) is 76.6 Å². The highest BCUT2D eigenvalue weighted by molar-refractivity contribution is 8.68. The third-order valence-corrected chi connectivity index (χ3v) is 6.92. The van der Waals surface area contributed by atoms with Crippen molar-refractivity contribution in [3.05, 3.63) is 95.1 Å². The van der Waals surface area contributed by atoms with E-state index in [9.17, 15) is 5.11 Å². The van der Waals surface area contributed by atoms with Crippen LogP contribution in [0, 0.1) is 6.92 Å². The molecular weight excluding hydrogens is 432 g/mol. The number of fused-ring (bicyclic) bond motifs is 2. The van der Waals surface area contributed by atoms with Crippen molar-refractivity contribution in [2.24, 2.45) is 0 Å². The molecule has 0 aromatic heterocycles. The van der Waals surface area contributed by atoms with Crippen molar-refractivity contribution in [2.75, 3.05) is 13.2 Å². The van der Waals surface area contributed by atoms with Crippen LogP contribution in [0.5, 0.6) is 0 Å². The summed E-state index contributed by atoms with van der Waals surface area (Å²) in [5, 5.41) is 16.1. The normalized spacial score (nSPS) is 13.5. The van der Waals surface area contributed by atoms with Crippen LogP contribution >= 0.6 is 22.5 Å². The highest BCUT2D eigenvalue weighted by Gasteiger charge is 2.24. The molecule has 0 bridgehead atoms. The van der Waals surface area contributed by atoms with Crippen molar-refractivity contribution >= 4 is 44.0 Å². The number of benzene rings is 4. The van der Waals surface area contributed by atoms with Crippen molar-refractivity contribution in [1.29, 1.82) is 0 Å². The van der Waals surface area contributed by atoms with Gasteiger partial charge in [0.2, 0.25) is 0 Å². The molecule has 0 heterocycles. The molecule has 0 fully saturated rings. The molecule has 32 heavy (non-hydrogen) atoms. The summed E-state index contributed by atoms with van der Waals surface area (Å²) in [4.78, 5) is 0. The summed E-state index contributed by atoms with van der Waals surface area (Å²) in [5.41, 5.74) is 3.66. The molecule has 0 aliphatic heterocycles. The van der Waals surface area contributed by atoms with Crippen LogP contribution < -0.4 is 0 Å². The van der Waals surface area contributed by atoms with Crippen LogP contribution in [0.15, 0.2) is 72.8 Å². The van der Waals surface area contributed by atoms with Crippen LogP contribution in [0.25, 0.3) is 21.5 Å². The highest BCUT2D eigenvalue weighted by atomic mass is 33.1. The minimum absolute atomic E-state index is 0.274. The molecule has 0 aliphatic carbocycles. The molecule has 0 saturated heterocycles. The third-order valence-electron chi connectivity index (χ3n) is 6.09. The second kappa shape index (κ2) is 10.3. The van der Waals surface area contributed by atoms with Gasteiger partial charge in [-0.25, -0.2) is 0 Å². The lowest BCUT2D eigenvalue weighted by Crippen LogP contribution is -2.28. The third kappa shape index (κ3) is 5.32. The summed E-state index contributed by atoms with van der Waals surface area (Å²) in [6, 6.07) is 25.6. The number of thiol groups is 1. The van der Waals surface area contributed by atoms with Crippen LogP contribution in [0.2, 0.25) is 0 Å². The lowest BCUT2D eigenvalue weighted by Gasteiger charge is -2.25. The van der Waals surface area contributed by atoms with E-state index in [0.29, 0.717) is 6.61 Å². The van der Waals surface area contributed by atoms with Gasteiger partial charge in [-0.3, -0.25) is 0 Å². The zero-order chi connectivity index (χ0) is 22.6. The predicted molar refractivity (Wildman–Crippen MR) is 142 cm³/mol. The number of hydrogen-bond donors (Lipinski definition) is 2. The number of rotatable bonds is 9. The summed E-state index contributed by atoms with van der Waals surface area (Å²) < 4.78 is 5.92. The molecule has 4 rings (SSSR count). The van der Waals surface area contributed by atoms with E-state index in [1.807, 2.05) is 19.1 Å². The van der Waals surface area contributed by atoms with Crippen LogP contribution in [0.1, 0.15) is 35.6 Å². The van der Waals surface area contributed by atoms with Crippen molar-refractivity contribution in [1.82, 2.24) is 0 Å². The molecule has 0 saturated carbocycles. The Morgan fingerprint density at radius 2 is 1.72 bits per heavy atom. The first-order chi connectivity index (χ1) is 15.5. The van der Waals surface area contributed by atoms with Crippen molar-refractivity contribution in [2.45, 2.75) is 38.0 Å². The van der Waals surface area contributed by atoms with E-state index in [4.69, 9.17) is 4.74 Å². The molecule has 166 valence electrons. The van der Waals surface area contributed by atoms with E-state index >= 15 is 0 Å². The fourth-order valence-electron chi connectivity index (χ4n) is 4.27. The van der Waals surface area contributed by atoms with Gasteiger partial charge in [0.15, 0.2) is 0 Å². The summed E-state index contributed by atoms with van der Waals surface area (Å²) in [6.45, 7) is 4.88. The molecule has 1 unspecified atom stereocenters. The van der Waals surface area contributed by atoms with Gasteiger partial charge in [-0.15, -0.1) is 11.7 Å². The number of hydrogen-bond acceptors (Lipinski definition) is 4. The summed E-state index contributed by atoms with van der Waals surface area (Å²) >= 11 is 4.33. The number of aliphatic hydroxyl groups is 1. The Labute approximate surface area is 199 Å². The lowest BCUT2D eigenvalue weighted by molar-refractivity contribution is -0.0380. The molecule has 0 radical (unpaired) electrons. The largest absolute Gasteiger partial charge is 0.383 e. The van der Waals surface area contributed by atoms with Gasteiger partial charge < -0.3 is 9.84 Å². The van der Waals surface area contributed by atoms with Crippen LogP contribution in [-0.4, -0.2) is 18.3 Å². The summed E-state index contributed by atoms with van der Waals surface area (Å²) in [7, 11) is 1.49. The van der Waals surface area contributed by atoms with Crippen molar-refractivity contribution in [3.8, 4) is 0 Å². The molecule has 4 heteroatoms. The van der Waals surface area contributed by atoms with Gasteiger partial charge in [-0.1, -0.05) is 77.5 Å². The van der Waals surface area contributed by atoms with Gasteiger partial charge in [0.1, 0.15) is 5.60 Å². The molecule has 4 aromatic rings. The first-order valence-corrected chi connectivity index (χ1v) is 13.1. The second-order valence-electron chi connectivity index (χ2n) is 8.69. The maximum atomic E-state index is 11.1. The average molecular weight is 463 g/mol. The maximum Gasteiger partial charge on any atom is 0.110 e. The minimum Gasteiger partial charge on any atom is -0.383 e. The zero-order valence-corrected chi connectivity index (χ0v) is 20.4. The molecule has 1 atom stereocenters. The van der Waals surface area contributed by atoms with Gasteiger partial charge in [-0.2, -0.15) is 0 Å². The topological polar surface area (TPSA) is 29.5 Å². The first-order valence-electron chi connectivity index (χ1n) is 11.0. The standard InChI is InChI=1S/C28H30O2S2/c1-20-7-5-10-22-15-21(12-13-26(20)22)8-6-14-30-19-28(2,29)25-16-23-9-3-4-11-27(23)24(17-25)18-32-31/h3-5,7,9-13,15-17,29,31H,6,8,14,18-19H2,1-2H3. The van der Waals surface area contributed by atoms with Crippen molar-refractivity contribution in [3.63, 3.8) is 0 Å². The molecule has 1 N–H and O–H groups in total. The first kappa shape index (κ1) is 23.2. The molecule has 0 aliphatic rings. The van der Waals surface area contributed by atoms with E-state index in [1.165, 1.54) is 43.6 Å². The fourth-order valence-corrected chi connectivity index (χ4v) is 5.07. The Kier molecular flexibility index (Phi) is 7.47. The predicted octanol–water partition coefficient (Wildman–Crippen LogP) is 7.24. The smallest absolute Gasteiger partial charge is 0.110 e. The molecule has 4 aromatic carbocycles. The maximum absolute atomic E-state index is 11.1. The number of ether oxygens (including phenoxy) is 1. The molecule has 0 spiro atoms. The molecule has 2 nitrogen and oxygen atoms in total. The van der Waals surface area contributed by atoms with E-state index in [-0.39, 0.29) is 6.61 Å². The van der Waals surface area contributed by atoms with Crippen molar-refractivity contribution < 1.29 is 9.84 Å². The SMILES string of the molecule is Cc1cccc2cc(CCCOCC(C)(O)c3cc(CSS)c4ccccc4c3)ccc12. The van der Waals surface area contributed by atoms with Gasteiger partial charge in [0.05, 0.1) is 6.61 Å². The second-order valence-corrected chi connectivity index (χ2v) is 10.0.